The average molecular weight is 327 g/mol. The third kappa shape index (κ3) is 4.42. The number of aliphatic carboxylic acids is 1. The summed E-state index contributed by atoms with van der Waals surface area (Å²) in [4.78, 5) is 26.8. The molecule has 1 heterocycles. The Balaban J connectivity index is 1.96. The van der Waals surface area contributed by atoms with Gasteiger partial charge in [-0.05, 0) is 19.1 Å². The summed E-state index contributed by atoms with van der Waals surface area (Å²) in [5.41, 5.74) is 0.827. The number of carboxylic acid groups (broad SMARTS) is 1. The molecule has 0 amide bonds. The molecule has 8 heteroatoms. The van der Waals surface area contributed by atoms with Gasteiger partial charge in [-0.1, -0.05) is 12.1 Å². The van der Waals surface area contributed by atoms with E-state index in [1.165, 1.54) is 11.3 Å². The predicted octanol–water partition coefficient (Wildman–Crippen LogP) is 2.73. The summed E-state index contributed by atoms with van der Waals surface area (Å²) in [6.45, 7) is 1.92. The van der Waals surface area contributed by atoms with Crippen LogP contribution in [0.25, 0.3) is 10.2 Å². The van der Waals surface area contributed by atoms with Crippen molar-refractivity contribution >= 4 is 45.5 Å². The number of hydrogen-bond donors (Lipinski definition) is 1. The van der Waals surface area contributed by atoms with Crippen molar-refractivity contribution in [3.8, 4) is 0 Å². The standard InChI is InChI=1S/C13H13NO5S2/c1-2-18-9(7-11(15)16)12(17)19-21-13-14-8-5-3-4-6-10(8)20-13/h3-6,9H,2,7H2,1H3,(H,15,16). The first-order valence-electron chi connectivity index (χ1n) is 6.17. The highest BCUT2D eigenvalue weighted by Crippen LogP contribution is 2.30. The predicted molar refractivity (Wildman–Crippen MR) is 79.2 cm³/mol. The molecule has 0 aliphatic carbocycles. The van der Waals surface area contributed by atoms with Gasteiger partial charge in [0.05, 0.1) is 16.6 Å². The first kappa shape index (κ1) is 15.7. The zero-order valence-electron chi connectivity index (χ0n) is 11.1. The zero-order valence-corrected chi connectivity index (χ0v) is 12.8. The van der Waals surface area contributed by atoms with E-state index in [1.807, 2.05) is 24.3 Å². The first-order chi connectivity index (χ1) is 10.1. The minimum atomic E-state index is -1.12. The Hall–Kier alpha value is -1.64. The van der Waals surface area contributed by atoms with E-state index in [0.717, 1.165) is 22.3 Å². The van der Waals surface area contributed by atoms with Crippen molar-refractivity contribution in [2.45, 2.75) is 23.8 Å². The van der Waals surface area contributed by atoms with Gasteiger partial charge in [0.25, 0.3) is 0 Å². The fourth-order valence-corrected chi connectivity index (χ4v) is 3.19. The Bertz CT molecular complexity index is 609. The van der Waals surface area contributed by atoms with Crippen LogP contribution in [0.1, 0.15) is 13.3 Å². The van der Waals surface area contributed by atoms with Crippen molar-refractivity contribution in [2.24, 2.45) is 0 Å². The molecule has 112 valence electrons. The van der Waals surface area contributed by atoms with E-state index < -0.39 is 24.5 Å². The van der Waals surface area contributed by atoms with Gasteiger partial charge in [0.1, 0.15) is 12.0 Å². The second-order valence-corrected chi connectivity index (χ2v) is 5.98. The topological polar surface area (TPSA) is 85.7 Å². The Morgan fingerprint density at radius 1 is 1.43 bits per heavy atom. The lowest BCUT2D eigenvalue weighted by Gasteiger charge is -2.12. The molecule has 1 unspecified atom stereocenters. The Labute approximate surface area is 129 Å². The number of carboxylic acids is 1. The molecule has 0 saturated heterocycles. The maximum absolute atomic E-state index is 11.8. The highest BCUT2D eigenvalue weighted by atomic mass is 32.2. The summed E-state index contributed by atoms with van der Waals surface area (Å²) >= 11 is 2.22. The molecule has 0 fully saturated rings. The average Bonchev–Trinajstić information content (AvgIpc) is 2.86. The monoisotopic (exact) mass is 327 g/mol. The molecule has 0 radical (unpaired) electrons. The van der Waals surface area contributed by atoms with Crippen molar-refractivity contribution < 1.29 is 23.6 Å². The number of para-hydroxylation sites is 1. The van der Waals surface area contributed by atoms with Gasteiger partial charge in [-0.3, -0.25) is 4.79 Å². The van der Waals surface area contributed by atoms with Crippen LogP contribution in [0, 0.1) is 0 Å². The van der Waals surface area contributed by atoms with Crippen LogP contribution in [0.4, 0.5) is 0 Å². The van der Waals surface area contributed by atoms with E-state index in [-0.39, 0.29) is 6.61 Å². The van der Waals surface area contributed by atoms with Gasteiger partial charge < -0.3 is 14.0 Å². The number of nitrogens with zero attached hydrogens (tertiary/aromatic N) is 1. The van der Waals surface area contributed by atoms with E-state index >= 15 is 0 Å². The number of benzene rings is 1. The van der Waals surface area contributed by atoms with Gasteiger partial charge in [-0.15, -0.1) is 11.3 Å². The van der Waals surface area contributed by atoms with E-state index in [0.29, 0.717) is 4.34 Å². The largest absolute Gasteiger partial charge is 0.481 e. The summed E-state index contributed by atoms with van der Waals surface area (Å²) < 4.78 is 11.7. The van der Waals surface area contributed by atoms with Gasteiger partial charge >= 0.3 is 11.9 Å². The maximum Gasteiger partial charge on any atom is 0.348 e. The summed E-state index contributed by atoms with van der Waals surface area (Å²) in [7, 11) is 0. The fraction of sp³-hybridized carbons (Fsp3) is 0.308. The molecule has 0 saturated carbocycles. The Kier molecular flexibility index (Phi) is 5.54. The number of carbonyl (C=O) groups is 2. The third-order valence-corrected chi connectivity index (χ3v) is 4.23. The van der Waals surface area contributed by atoms with Crippen molar-refractivity contribution in [3.63, 3.8) is 0 Å². The molecule has 2 aromatic rings. The Morgan fingerprint density at radius 3 is 2.86 bits per heavy atom. The van der Waals surface area contributed by atoms with Gasteiger partial charge in [0.15, 0.2) is 10.4 Å². The maximum atomic E-state index is 11.8. The molecule has 21 heavy (non-hydrogen) atoms. The zero-order chi connectivity index (χ0) is 15.2. The molecule has 1 aromatic carbocycles. The third-order valence-electron chi connectivity index (χ3n) is 2.46. The molecule has 0 bridgehead atoms. The van der Waals surface area contributed by atoms with Crippen molar-refractivity contribution in [1.82, 2.24) is 4.98 Å². The van der Waals surface area contributed by atoms with Crippen LogP contribution in [-0.4, -0.2) is 34.7 Å². The summed E-state index contributed by atoms with van der Waals surface area (Å²) in [5.74, 6) is -1.83. The molecule has 0 aliphatic rings. The highest BCUT2D eigenvalue weighted by Gasteiger charge is 2.24. The summed E-state index contributed by atoms with van der Waals surface area (Å²) in [6, 6.07) is 7.57. The number of fused-ring (bicyclic) bond motifs is 1. The molecule has 0 spiro atoms. The quantitative estimate of drug-likeness (QED) is 0.782. The first-order valence-corrected chi connectivity index (χ1v) is 7.73. The number of hydrogen-bond acceptors (Lipinski definition) is 7. The van der Waals surface area contributed by atoms with Crippen LogP contribution in [-0.2, 0) is 18.5 Å². The lowest BCUT2D eigenvalue weighted by molar-refractivity contribution is -0.153. The molecular weight excluding hydrogens is 314 g/mol. The van der Waals surface area contributed by atoms with E-state index in [1.54, 1.807) is 6.92 Å². The Morgan fingerprint density at radius 2 is 2.19 bits per heavy atom. The smallest absolute Gasteiger partial charge is 0.348 e. The highest BCUT2D eigenvalue weighted by molar-refractivity contribution is 7.97. The minimum Gasteiger partial charge on any atom is -0.481 e. The number of rotatable bonds is 7. The normalized spacial score (nSPS) is 12.2. The SMILES string of the molecule is CCOC(CC(=O)O)C(=O)OSc1nc2ccccc2s1. The molecule has 6 nitrogen and oxygen atoms in total. The summed E-state index contributed by atoms with van der Waals surface area (Å²) in [5, 5.41) is 8.74. The van der Waals surface area contributed by atoms with E-state index in [4.69, 9.17) is 14.0 Å². The number of thiazole rings is 1. The van der Waals surface area contributed by atoms with Crippen molar-refractivity contribution in [2.75, 3.05) is 6.61 Å². The molecule has 1 aromatic heterocycles. The molecule has 2 rings (SSSR count). The van der Waals surface area contributed by atoms with Crippen LogP contribution in [0.5, 0.6) is 0 Å². The van der Waals surface area contributed by atoms with Crippen LogP contribution < -0.4 is 0 Å². The lowest BCUT2D eigenvalue weighted by atomic mass is 10.2. The number of ether oxygens (including phenoxy) is 1. The van der Waals surface area contributed by atoms with Gasteiger partial charge in [0, 0.05) is 6.61 Å². The van der Waals surface area contributed by atoms with Gasteiger partial charge in [-0.2, -0.15) is 0 Å². The van der Waals surface area contributed by atoms with Crippen LogP contribution in [0.2, 0.25) is 0 Å². The second kappa shape index (κ2) is 7.39. The van der Waals surface area contributed by atoms with Crippen LogP contribution in [0.15, 0.2) is 28.6 Å². The molecule has 0 aliphatic heterocycles. The second-order valence-electron chi connectivity index (χ2n) is 3.98. The van der Waals surface area contributed by atoms with E-state index in [2.05, 4.69) is 4.98 Å². The van der Waals surface area contributed by atoms with Crippen LogP contribution in [0.3, 0.4) is 0 Å². The van der Waals surface area contributed by atoms with E-state index in [9.17, 15) is 9.59 Å². The fourth-order valence-electron chi connectivity index (χ4n) is 1.59. The molecule has 1 N–H and O–H groups in total. The minimum absolute atomic E-state index is 0.235. The van der Waals surface area contributed by atoms with Gasteiger partial charge in [-0.25, -0.2) is 9.78 Å². The van der Waals surface area contributed by atoms with Crippen molar-refractivity contribution in [3.05, 3.63) is 24.3 Å². The van der Waals surface area contributed by atoms with Crippen LogP contribution >= 0.6 is 23.4 Å². The number of aromatic nitrogens is 1. The number of carbonyl (C=O) groups excluding carboxylic acids is 1. The molecular formula is C13H13NO5S2. The van der Waals surface area contributed by atoms with Gasteiger partial charge in [0.2, 0.25) is 0 Å². The summed E-state index contributed by atoms with van der Waals surface area (Å²) in [6.07, 6.45) is -1.53. The molecule has 1 atom stereocenters. The lowest BCUT2D eigenvalue weighted by Crippen LogP contribution is -2.27. The van der Waals surface area contributed by atoms with Crippen molar-refractivity contribution in [1.29, 1.82) is 0 Å².